The third-order valence-electron chi connectivity index (χ3n) is 2.25. The topological polar surface area (TPSA) is 20.2 Å². The molecule has 1 unspecified atom stereocenters. The summed E-state index contributed by atoms with van der Waals surface area (Å²) < 4.78 is 13.4. The molecule has 1 aromatic rings. The van der Waals surface area contributed by atoms with E-state index in [1.807, 2.05) is 0 Å². The van der Waals surface area contributed by atoms with E-state index < -0.39 is 6.17 Å². The maximum Gasteiger partial charge on any atom is 0.128 e. The highest BCUT2D eigenvalue weighted by atomic mass is 19.1. The molecule has 1 N–H and O–H groups in total. The highest BCUT2D eigenvalue weighted by molar-refractivity contribution is 5.28. The Morgan fingerprint density at radius 2 is 1.83 bits per heavy atom. The van der Waals surface area contributed by atoms with Gasteiger partial charge in [-0.1, -0.05) is 12.1 Å². The molecule has 1 fully saturated rings. The third kappa shape index (κ3) is 1.42. The molecule has 2 rings (SSSR count). The van der Waals surface area contributed by atoms with Gasteiger partial charge in [-0.15, -0.1) is 0 Å². The number of phenols is 1. The second kappa shape index (κ2) is 2.77. The van der Waals surface area contributed by atoms with Crippen molar-refractivity contribution >= 4 is 0 Å². The molecule has 0 spiro atoms. The number of hydrogen-bond acceptors (Lipinski definition) is 1. The first kappa shape index (κ1) is 7.59. The van der Waals surface area contributed by atoms with E-state index in [9.17, 15) is 4.39 Å². The van der Waals surface area contributed by atoms with Crippen LogP contribution < -0.4 is 0 Å². The first-order valence-electron chi connectivity index (χ1n) is 4.20. The van der Waals surface area contributed by atoms with Crippen LogP contribution in [0.4, 0.5) is 4.39 Å². The van der Waals surface area contributed by atoms with Crippen LogP contribution in [-0.2, 0) is 0 Å². The van der Waals surface area contributed by atoms with E-state index >= 15 is 0 Å². The molecule has 1 atom stereocenters. The molecule has 12 heavy (non-hydrogen) atoms. The largest absolute Gasteiger partial charge is 0.508 e. The van der Waals surface area contributed by atoms with Crippen molar-refractivity contribution in [2.24, 2.45) is 5.92 Å². The lowest BCUT2D eigenvalue weighted by molar-refractivity contribution is 0.305. The zero-order valence-corrected chi connectivity index (χ0v) is 6.70. The van der Waals surface area contributed by atoms with Gasteiger partial charge >= 0.3 is 0 Å². The fraction of sp³-hybridized carbons (Fsp3) is 0.400. The number of aromatic hydroxyl groups is 1. The highest BCUT2D eigenvalue weighted by Crippen LogP contribution is 2.43. The Kier molecular flexibility index (Phi) is 1.75. The van der Waals surface area contributed by atoms with Gasteiger partial charge in [-0.05, 0) is 36.5 Å². The van der Waals surface area contributed by atoms with E-state index in [4.69, 9.17) is 5.11 Å². The maximum atomic E-state index is 13.4. The van der Waals surface area contributed by atoms with Gasteiger partial charge in [0.2, 0.25) is 0 Å². The minimum atomic E-state index is -0.828. The Balaban J connectivity index is 2.16. The smallest absolute Gasteiger partial charge is 0.128 e. The molecule has 0 radical (unpaired) electrons. The maximum absolute atomic E-state index is 13.4. The Bertz CT molecular complexity index is 264. The van der Waals surface area contributed by atoms with Crippen LogP contribution in [0.3, 0.4) is 0 Å². The number of halogens is 1. The van der Waals surface area contributed by atoms with Crippen molar-refractivity contribution in [3.63, 3.8) is 0 Å². The number of benzene rings is 1. The average molecular weight is 166 g/mol. The monoisotopic (exact) mass is 166 g/mol. The molecule has 1 saturated carbocycles. The van der Waals surface area contributed by atoms with Crippen LogP contribution in [0, 0.1) is 5.92 Å². The number of rotatable bonds is 2. The van der Waals surface area contributed by atoms with Gasteiger partial charge in [0.15, 0.2) is 0 Å². The zero-order chi connectivity index (χ0) is 8.55. The normalized spacial score (nSPS) is 19.1. The Morgan fingerprint density at radius 3 is 2.33 bits per heavy atom. The number of phenolic OH excluding ortho intramolecular Hbond substituents is 1. The molecule has 0 heterocycles. The predicted octanol–water partition coefficient (Wildman–Crippen LogP) is 2.81. The molecule has 0 saturated heterocycles. The predicted molar refractivity (Wildman–Crippen MR) is 44.7 cm³/mol. The van der Waals surface area contributed by atoms with E-state index in [1.165, 1.54) is 12.1 Å². The molecule has 1 aliphatic rings. The standard InChI is InChI=1S/C10H11FO/c11-10(7-1-2-7)8-3-5-9(12)6-4-8/h3-7,10,12H,1-2H2. The van der Waals surface area contributed by atoms with Crippen LogP contribution in [0.5, 0.6) is 5.75 Å². The van der Waals surface area contributed by atoms with Crippen LogP contribution in [0.25, 0.3) is 0 Å². The molecular weight excluding hydrogens is 155 g/mol. The summed E-state index contributed by atoms with van der Waals surface area (Å²) in [6.07, 6.45) is 1.18. The van der Waals surface area contributed by atoms with Crippen molar-refractivity contribution < 1.29 is 9.50 Å². The summed E-state index contributed by atoms with van der Waals surface area (Å²) in [4.78, 5) is 0. The molecular formula is C10H11FO. The van der Waals surface area contributed by atoms with Crippen molar-refractivity contribution in [3.05, 3.63) is 29.8 Å². The zero-order valence-electron chi connectivity index (χ0n) is 6.70. The molecule has 2 heteroatoms. The van der Waals surface area contributed by atoms with Gasteiger partial charge in [0.1, 0.15) is 11.9 Å². The van der Waals surface area contributed by atoms with Crippen LogP contribution in [-0.4, -0.2) is 5.11 Å². The lowest BCUT2D eigenvalue weighted by Gasteiger charge is -2.05. The van der Waals surface area contributed by atoms with Crippen molar-refractivity contribution in [1.29, 1.82) is 0 Å². The summed E-state index contributed by atoms with van der Waals surface area (Å²) in [6, 6.07) is 6.37. The van der Waals surface area contributed by atoms with Gasteiger partial charge in [0.25, 0.3) is 0 Å². The van der Waals surface area contributed by atoms with Crippen LogP contribution in [0.2, 0.25) is 0 Å². The summed E-state index contributed by atoms with van der Waals surface area (Å²) in [6.45, 7) is 0. The van der Waals surface area contributed by atoms with Gasteiger partial charge in [-0.25, -0.2) is 4.39 Å². The summed E-state index contributed by atoms with van der Waals surface area (Å²) in [5.41, 5.74) is 0.690. The first-order valence-corrected chi connectivity index (χ1v) is 4.20. The van der Waals surface area contributed by atoms with Crippen molar-refractivity contribution in [2.45, 2.75) is 19.0 Å². The van der Waals surface area contributed by atoms with Crippen LogP contribution in [0.1, 0.15) is 24.6 Å². The Morgan fingerprint density at radius 1 is 1.25 bits per heavy atom. The average Bonchev–Trinajstić information content (AvgIpc) is 2.87. The fourth-order valence-electron chi connectivity index (χ4n) is 1.32. The lowest BCUT2D eigenvalue weighted by Crippen LogP contribution is -1.92. The fourth-order valence-corrected chi connectivity index (χ4v) is 1.32. The third-order valence-corrected chi connectivity index (χ3v) is 2.25. The highest BCUT2D eigenvalue weighted by Gasteiger charge is 2.32. The molecule has 64 valence electrons. The van der Waals surface area contributed by atoms with E-state index in [2.05, 4.69) is 0 Å². The first-order chi connectivity index (χ1) is 5.77. The second-order valence-electron chi connectivity index (χ2n) is 3.33. The molecule has 0 aromatic heterocycles. The number of alkyl halides is 1. The summed E-state index contributed by atoms with van der Waals surface area (Å²) in [5.74, 6) is 0.427. The Labute approximate surface area is 70.8 Å². The minimum Gasteiger partial charge on any atom is -0.508 e. The Hall–Kier alpha value is -1.05. The minimum absolute atomic E-state index is 0.196. The van der Waals surface area contributed by atoms with Crippen LogP contribution in [0.15, 0.2) is 24.3 Å². The lowest BCUT2D eigenvalue weighted by atomic mass is 10.1. The summed E-state index contributed by atoms with van der Waals surface area (Å²) >= 11 is 0. The molecule has 0 amide bonds. The van der Waals surface area contributed by atoms with E-state index in [0.717, 1.165) is 12.8 Å². The van der Waals surface area contributed by atoms with Crippen molar-refractivity contribution in [3.8, 4) is 5.75 Å². The van der Waals surface area contributed by atoms with E-state index in [-0.39, 0.29) is 11.7 Å². The van der Waals surface area contributed by atoms with Gasteiger partial charge < -0.3 is 5.11 Å². The van der Waals surface area contributed by atoms with E-state index in [0.29, 0.717) is 5.56 Å². The summed E-state index contributed by atoms with van der Waals surface area (Å²) in [5, 5.41) is 8.97. The summed E-state index contributed by atoms with van der Waals surface area (Å²) in [7, 11) is 0. The van der Waals surface area contributed by atoms with Gasteiger partial charge in [-0.2, -0.15) is 0 Å². The second-order valence-corrected chi connectivity index (χ2v) is 3.33. The number of hydrogen-bond donors (Lipinski definition) is 1. The van der Waals surface area contributed by atoms with Crippen LogP contribution >= 0.6 is 0 Å². The van der Waals surface area contributed by atoms with Crippen molar-refractivity contribution in [2.75, 3.05) is 0 Å². The molecule has 1 aromatic carbocycles. The van der Waals surface area contributed by atoms with E-state index in [1.54, 1.807) is 12.1 Å². The molecule has 0 aliphatic heterocycles. The SMILES string of the molecule is Oc1ccc(C(F)C2CC2)cc1. The molecule has 0 bridgehead atoms. The quantitative estimate of drug-likeness (QED) is 0.716. The van der Waals surface area contributed by atoms with Gasteiger partial charge in [0, 0.05) is 0 Å². The van der Waals surface area contributed by atoms with Gasteiger partial charge in [0.05, 0.1) is 0 Å². The molecule has 1 aliphatic carbocycles. The van der Waals surface area contributed by atoms with Gasteiger partial charge in [-0.3, -0.25) is 0 Å². The van der Waals surface area contributed by atoms with Crippen molar-refractivity contribution in [1.82, 2.24) is 0 Å². The molecule has 1 nitrogen and oxygen atoms in total.